The van der Waals surface area contributed by atoms with Crippen molar-refractivity contribution >= 4 is 40.3 Å². The van der Waals surface area contributed by atoms with Crippen LogP contribution in [-0.4, -0.2) is 66.1 Å². The number of pyridine rings is 1. The first-order valence-corrected chi connectivity index (χ1v) is 12.1. The number of nitrogens with one attached hydrogen (secondary N) is 1. The smallest absolute Gasteiger partial charge is 0.241 e. The third kappa shape index (κ3) is 5.52. The van der Waals surface area contributed by atoms with E-state index in [1.807, 2.05) is 54.6 Å². The van der Waals surface area contributed by atoms with Gasteiger partial charge in [-0.15, -0.1) is 0 Å². The Morgan fingerprint density at radius 2 is 1.86 bits per heavy atom. The molecule has 3 N–H and O–H groups in total. The molecule has 0 radical (unpaired) electrons. The second-order valence-electron chi connectivity index (χ2n) is 8.94. The first kappa shape index (κ1) is 24.2. The predicted molar refractivity (Wildman–Crippen MR) is 147 cm³/mol. The highest BCUT2D eigenvalue weighted by molar-refractivity contribution is 5.95. The van der Waals surface area contributed by atoms with Gasteiger partial charge in [0.25, 0.3) is 0 Å². The number of hydrogen-bond acceptors (Lipinski definition) is 8. The zero-order chi connectivity index (χ0) is 25.8. The summed E-state index contributed by atoms with van der Waals surface area (Å²) in [5, 5.41) is 4.19. The van der Waals surface area contributed by atoms with E-state index in [0.29, 0.717) is 17.5 Å². The fourth-order valence-corrected chi connectivity index (χ4v) is 4.35. The Labute approximate surface area is 215 Å². The lowest BCUT2D eigenvalue weighted by Crippen LogP contribution is -2.44. The summed E-state index contributed by atoms with van der Waals surface area (Å²) in [6.45, 7) is 3.86. The molecule has 0 spiro atoms. The van der Waals surface area contributed by atoms with Crippen LogP contribution in [0.1, 0.15) is 5.56 Å². The highest BCUT2D eigenvalue weighted by Crippen LogP contribution is 2.31. The summed E-state index contributed by atoms with van der Waals surface area (Å²) in [5.41, 5.74) is 9.54. The number of anilines is 3. The van der Waals surface area contributed by atoms with E-state index in [1.54, 1.807) is 19.4 Å². The minimum Gasteiger partial charge on any atom is -0.479 e. The van der Waals surface area contributed by atoms with Crippen LogP contribution in [0.25, 0.3) is 28.1 Å². The zero-order valence-electron chi connectivity index (χ0n) is 20.9. The van der Waals surface area contributed by atoms with Crippen molar-refractivity contribution in [1.29, 1.82) is 0 Å². The van der Waals surface area contributed by atoms with Crippen LogP contribution in [0.2, 0.25) is 0 Å². The minimum absolute atomic E-state index is 0.442. The summed E-state index contributed by atoms with van der Waals surface area (Å²) in [7, 11) is 3.74. The summed E-state index contributed by atoms with van der Waals surface area (Å²) in [4.78, 5) is 29.8. The molecule has 9 nitrogen and oxygen atoms in total. The molecule has 2 aromatic carbocycles. The first-order chi connectivity index (χ1) is 18.0. The molecule has 1 aliphatic heterocycles. The average Bonchev–Trinajstić information content (AvgIpc) is 2.92. The maximum Gasteiger partial charge on any atom is 0.241 e. The molecule has 0 atom stereocenters. The first-order valence-electron chi connectivity index (χ1n) is 12.1. The van der Waals surface area contributed by atoms with Crippen molar-refractivity contribution in [2.24, 2.45) is 5.73 Å². The van der Waals surface area contributed by atoms with Crippen LogP contribution in [0.3, 0.4) is 0 Å². The van der Waals surface area contributed by atoms with Crippen LogP contribution in [0.5, 0.6) is 5.88 Å². The average molecular weight is 496 g/mol. The van der Waals surface area contributed by atoms with E-state index in [-0.39, 0.29) is 0 Å². The molecule has 9 heteroatoms. The van der Waals surface area contributed by atoms with Crippen molar-refractivity contribution in [3.63, 3.8) is 0 Å². The number of rotatable bonds is 7. The van der Waals surface area contributed by atoms with Crippen molar-refractivity contribution in [3.8, 4) is 17.0 Å². The molecule has 1 saturated heterocycles. The van der Waals surface area contributed by atoms with Gasteiger partial charge >= 0.3 is 0 Å². The number of likely N-dealkylation sites (N-methyl/N-ethyl adjacent to an activating group) is 1. The van der Waals surface area contributed by atoms with Crippen molar-refractivity contribution in [3.05, 3.63) is 72.4 Å². The Balaban J connectivity index is 1.45. The van der Waals surface area contributed by atoms with Gasteiger partial charge in [0.1, 0.15) is 11.5 Å². The van der Waals surface area contributed by atoms with Crippen molar-refractivity contribution in [2.45, 2.75) is 0 Å². The SMILES string of the molecule is COc1nc(N2CCN(C)CC2)ccc1Nc1ncc2cccc(-c3cccc(C=CC(N)=O)c3)c2n1. The van der Waals surface area contributed by atoms with Gasteiger partial charge < -0.3 is 25.6 Å². The van der Waals surface area contributed by atoms with E-state index in [1.165, 1.54) is 6.08 Å². The van der Waals surface area contributed by atoms with Gasteiger partial charge in [-0.05, 0) is 42.4 Å². The van der Waals surface area contributed by atoms with Gasteiger partial charge in [-0.2, -0.15) is 4.98 Å². The van der Waals surface area contributed by atoms with Crippen LogP contribution in [0.15, 0.2) is 66.9 Å². The molecule has 1 amide bonds. The molecule has 188 valence electrons. The molecular formula is C28H29N7O2. The Morgan fingerprint density at radius 1 is 1.05 bits per heavy atom. The molecule has 2 aromatic heterocycles. The highest BCUT2D eigenvalue weighted by Gasteiger charge is 2.18. The number of carbonyl (C=O) groups is 1. The van der Waals surface area contributed by atoms with Gasteiger partial charge in [0.15, 0.2) is 0 Å². The number of methoxy groups -OCH3 is 1. The molecule has 37 heavy (non-hydrogen) atoms. The Bertz CT molecular complexity index is 1460. The molecule has 0 saturated carbocycles. The van der Waals surface area contributed by atoms with Gasteiger partial charge in [-0.1, -0.05) is 36.4 Å². The van der Waals surface area contributed by atoms with Crippen LogP contribution in [-0.2, 0) is 4.79 Å². The van der Waals surface area contributed by atoms with Gasteiger partial charge in [-0.25, -0.2) is 9.97 Å². The molecule has 4 aromatic rings. The summed E-state index contributed by atoms with van der Waals surface area (Å²) in [5.74, 6) is 1.34. The lowest BCUT2D eigenvalue weighted by Gasteiger charge is -2.33. The Kier molecular flexibility index (Phi) is 6.96. The summed E-state index contributed by atoms with van der Waals surface area (Å²) in [6, 6.07) is 17.8. The number of fused-ring (bicyclic) bond motifs is 1. The second kappa shape index (κ2) is 10.6. The Morgan fingerprint density at radius 3 is 2.65 bits per heavy atom. The lowest BCUT2D eigenvalue weighted by molar-refractivity contribution is -0.113. The zero-order valence-corrected chi connectivity index (χ0v) is 20.9. The summed E-state index contributed by atoms with van der Waals surface area (Å²) in [6.07, 6.45) is 4.84. The number of nitrogens with zero attached hydrogens (tertiary/aromatic N) is 5. The molecule has 0 bridgehead atoms. The number of amides is 1. The van der Waals surface area contributed by atoms with E-state index < -0.39 is 5.91 Å². The maximum atomic E-state index is 11.1. The molecule has 3 heterocycles. The molecule has 1 fully saturated rings. The standard InChI is InChI=1S/C28H29N7O2/c1-34-13-15-35(16-14-34)25-12-10-23(27(32-25)37-2)31-28-30-18-21-7-4-8-22(26(21)33-28)20-6-3-5-19(17-20)9-11-24(29)36/h3-12,17-18H,13-16H2,1-2H3,(H2,29,36)(H,30,31,33). The summed E-state index contributed by atoms with van der Waals surface area (Å²) < 4.78 is 5.60. The number of para-hydroxylation sites is 1. The van der Waals surface area contributed by atoms with Gasteiger partial charge in [0, 0.05) is 49.4 Å². The fraction of sp³-hybridized carbons (Fsp3) is 0.214. The number of benzene rings is 2. The van der Waals surface area contributed by atoms with Gasteiger partial charge in [-0.3, -0.25) is 4.79 Å². The van der Waals surface area contributed by atoms with E-state index in [0.717, 1.165) is 59.6 Å². The minimum atomic E-state index is -0.486. The topological polar surface area (TPSA) is 110 Å². The Hall–Kier alpha value is -4.50. The quantitative estimate of drug-likeness (QED) is 0.374. The van der Waals surface area contributed by atoms with E-state index >= 15 is 0 Å². The number of carbonyl (C=O) groups excluding carboxylic acids is 1. The lowest BCUT2D eigenvalue weighted by atomic mass is 10.0. The second-order valence-corrected chi connectivity index (χ2v) is 8.94. The van der Waals surface area contributed by atoms with Crippen LogP contribution >= 0.6 is 0 Å². The molecule has 0 aliphatic carbocycles. The highest BCUT2D eigenvalue weighted by atomic mass is 16.5. The van der Waals surface area contributed by atoms with E-state index in [2.05, 4.69) is 27.1 Å². The van der Waals surface area contributed by atoms with Crippen molar-refractivity contribution < 1.29 is 9.53 Å². The predicted octanol–water partition coefficient (Wildman–Crippen LogP) is 3.69. The van der Waals surface area contributed by atoms with E-state index in [4.69, 9.17) is 20.4 Å². The number of ether oxygens (including phenoxy) is 1. The number of aromatic nitrogens is 3. The third-order valence-electron chi connectivity index (χ3n) is 6.36. The largest absolute Gasteiger partial charge is 0.479 e. The van der Waals surface area contributed by atoms with Crippen LogP contribution in [0.4, 0.5) is 17.5 Å². The number of nitrogens with two attached hydrogens (primary N) is 1. The fourth-order valence-electron chi connectivity index (χ4n) is 4.35. The summed E-state index contributed by atoms with van der Waals surface area (Å²) >= 11 is 0. The molecule has 0 unspecified atom stereocenters. The van der Waals surface area contributed by atoms with Gasteiger partial charge in [0.2, 0.25) is 17.7 Å². The molecular weight excluding hydrogens is 466 g/mol. The van der Waals surface area contributed by atoms with Crippen LogP contribution in [0, 0.1) is 0 Å². The molecule has 1 aliphatic rings. The maximum absolute atomic E-state index is 11.1. The number of piperazine rings is 1. The number of hydrogen-bond donors (Lipinski definition) is 2. The monoisotopic (exact) mass is 495 g/mol. The van der Waals surface area contributed by atoms with Gasteiger partial charge in [0.05, 0.1) is 12.6 Å². The third-order valence-corrected chi connectivity index (χ3v) is 6.36. The number of primary amides is 1. The van der Waals surface area contributed by atoms with E-state index in [9.17, 15) is 4.79 Å². The van der Waals surface area contributed by atoms with Crippen LogP contribution < -0.4 is 20.7 Å². The van der Waals surface area contributed by atoms with Crippen molar-refractivity contribution in [1.82, 2.24) is 19.9 Å². The molecule has 5 rings (SSSR count). The van der Waals surface area contributed by atoms with Crippen molar-refractivity contribution in [2.75, 3.05) is 50.6 Å². The normalized spacial score (nSPS) is 14.3.